The first-order valence-electron chi connectivity index (χ1n) is 8.80. The SMILES string of the molecule is CCN(CC)Cc1cnc2n1CCN(C(=O)c1cccn1C)CC2. The molecule has 0 atom stereocenters. The van der Waals surface area contributed by atoms with Crippen LogP contribution in [0.5, 0.6) is 0 Å². The Hall–Kier alpha value is -2.08. The second kappa shape index (κ2) is 7.21. The van der Waals surface area contributed by atoms with Crippen LogP contribution in [0.1, 0.15) is 35.9 Å². The molecule has 1 amide bonds. The second-order valence-electron chi connectivity index (χ2n) is 6.33. The highest BCUT2D eigenvalue weighted by Crippen LogP contribution is 2.15. The van der Waals surface area contributed by atoms with Crippen molar-refractivity contribution < 1.29 is 4.79 Å². The minimum absolute atomic E-state index is 0.110. The Morgan fingerprint density at radius 2 is 2.04 bits per heavy atom. The summed E-state index contributed by atoms with van der Waals surface area (Å²) < 4.78 is 4.19. The Bertz CT molecular complexity index is 698. The van der Waals surface area contributed by atoms with Gasteiger partial charge in [0.15, 0.2) is 0 Å². The predicted octanol–water partition coefficient (Wildman–Crippen LogP) is 1.76. The van der Waals surface area contributed by atoms with Gasteiger partial charge in [-0.3, -0.25) is 9.69 Å². The van der Waals surface area contributed by atoms with Crippen molar-refractivity contribution in [1.82, 2.24) is 23.9 Å². The zero-order chi connectivity index (χ0) is 17.1. The summed E-state index contributed by atoms with van der Waals surface area (Å²) in [5, 5.41) is 0. The molecule has 0 radical (unpaired) electrons. The van der Waals surface area contributed by atoms with Crippen molar-refractivity contribution in [3.63, 3.8) is 0 Å². The van der Waals surface area contributed by atoms with Crippen LogP contribution in [0.25, 0.3) is 0 Å². The van der Waals surface area contributed by atoms with E-state index in [2.05, 4.69) is 28.3 Å². The Balaban J connectivity index is 1.72. The van der Waals surface area contributed by atoms with Crippen LogP contribution >= 0.6 is 0 Å². The fourth-order valence-corrected chi connectivity index (χ4v) is 3.34. The molecule has 1 aliphatic rings. The van der Waals surface area contributed by atoms with Gasteiger partial charge in [-0.05, 0) is 25.2 Å². The zero-order valence-electron chi connectivity index (χ0n) is 14.9. The van der Waals surface area contributed by atoms with Gasteiger partial charge in [0, 0.05) is 52.0 Å². The third-order valence-corrected chi connectivity index (χ3v) is 4.95. The number of carbonyl (C=O) groups is 1. The van der Waals surface area contributed by atoms with Crippen molar-refractivity contribution in [3.05, 3.63) is 41.7 Å². The van der Waals surface area contributed by atoms with Crippen LogP contribution in [0.2, 0.25) is 0 Å². The van der Waals surface area contributed by atoms with Crippen molar-refractivity contribution >= 4 is 5.91 Å². The number of rotatable bonds is 5. The first kappa shape index (κ1) is 16.8. The van der Waals surface area contributed by atoms with Gasteiger partial charge in [-0.15, -0.1) is 0 Å². The number of hydrogen-bond donors (Lipinski definition) is 0. The molecule has 0 unspecified atom stereocenters. The molecule has 0 saturated carbocycles. The number of amides is 1. The van der Waals surface area contributed by atoms with Gasteiger partial charge in [-0.25, -0.2) is 4.98 Å². The minimum Gasteiger partial charge on any atom is -0.347 e. The molecule has 0 bridgehead atoms. The standard InChI is InChI=1S/C18H27N5O/c1-4-21(5-2)14-15-13-19-17-8-10-22(11-12-23(15)17)18(24)16-7-6-9-20(16)3/h6-7,9,13H,4-5,8,10-12,14H2,1-3H3. The van der Waals surface area contributed by atoms with E-state index in [9.17, 15) is 4.79 Å². The third-order valence-electron chi connectivity index (χ3n) is 4.95. The van der Waals surface area contributed by atoms with Crippen LogP contribution in [0.15, 0.2) is 24.5 Å². The summed E-state index contributed by atoms with van der Waals surface area (Å²) >= 11 is 0. The second-order valence-corrected chi connectivity index (χ2v) is 6.33. The van der Waals surface area contributed by atoms with E-state index < -0.39 is 0 Å². The molecule has 0 aromatic carbocycles. The lowest BCUT2D eigenvalue weighted by Gasteiger charge is -2.21. The number of imidazole rings is 1. The fraction of sp³-hybridized carbons (Fsp3) is 0.556. The Labute approximate surface area is 143 Å². The quantitative estimate of drug-likeness (QED) is 0.840. The molecule has 0 N–H and O–H groups in total. The normalized spacial score (nSPS) is 14.8. The highest BCUT2D eigenvalue weighted by Gasteiger charge is 2.23. The number of aromatic nitrogens is 3. The molecular formula is C18H27N5O. The van der Waals surface area contributed by atoms with Crippen molar-refractivity contribution in [3.8, 4) is 0 Å². The van der Waals surface area contributed by atoms with Gasteiger partial charge in [0.1, 0.15) is 11.5 Å². The van der Waals surface area contributed by atoms with Crippen LogP contribution in [0.4, 0.5) is 0 Å². The maximum absolute atomic E-state index is 12.7. The van der Waals surface area contributed by atoms with Crippen LogP contribution in [0.3, 0.4) is 0 Å². The van der Waals surface area contributed by atoms with Gasteiger partial charge < -0.3 is 14.0 Å². The number of fused-ring (bicyclic) bond motifs is 1. The van der Waals surface area contributed by atoms with E-state index in [1.165, 1.54) is 5.69 Å². The van der Waals surface area contributed by atoms with Crippen LogP contribution in [-0.2, 0) is 26.6 Å². The summed E-state index contributed by atoms with van der Waals surface area (Å²) in [6.07, 6.45) is 4.73. The van der Waals surface area contributed by atoms with Gasteiger partial charge in [0.25, 0.3) is 5.91 Å². The van der Waals surface area contributed by atoms with Crippen LogP contribution in [0, 0.1) is 0 Å². The molecule has 130 valence electrons. The molecule has 0 saturated heterocycles. The maximum Gasteiger partial charge on any atom is 0.270 e. The van der Waals surface area contributed by atoms with Gasteiger partial charge in [0.2, 0.25) is 0 Å². The number of hydrogen-bond acceptors (Lipinski definition) is 3. The lowest BCUT2D eigenvalue weighted by atomic mass is 10.3. The summed E-state index contributed by atoms with van der Waals surface area (Å²) in [6.45, 7) is 9.65. The summed E-state index contributed by atoms with van der Waals surface area (Å²) in [7, 11) is 1.91. The Morgan fingerprint density at radius 3 is 2.71 bits per heavy atom. The van der Waals surface area contributed by atoms with E-state index in [1.807, 2.05) is 41.0 Å². The topological polar surface area (TPSA) is 46.3 Å². The molecule has 0 spiro atoms. The summed E-state index contributed by atoms with van der Waals surface area (Å²) in [4.78, 5) is 21.7. The highest BCUT2D eigenvalue weighted by molar-refractivity contribution is 5.92. The molecule has 2 aromatic heterocycles. The third kappa shape index (κ3) is 3.24. The lowest BCUT2D eigenvalue weighted by molar-refractivity contribution is 0.0749. The van der Waals surface area contributed by atoms with Gasteiger partial charge >= 0.3 is 0 Å². The Morgan fingerprint density at radius 1 is 1.25 bits per heavy atom. The van der Waals surface area contributed by atoms with E-state index in [0.717, 1.165) is 57.2 Å². The van der Waals surface area contributed by atoms with Crippen LogP contribution < -0.4 is 0 Å². The molecule has 2 aromatic rings. The van der Waals surface area contributed by atoms with E-state index in [-0.39, 0.29) is 5.91 Å². The Kier molecular flexibility index (Phi) is 5.04. The maximum atomic E-state index is 12.7. The van der Waals surface area contributed by atoms with E-state index in [4.69, 9.17) is 0 Å². The predicted molar refractivity (Wildman–Crippen MR) is 93.9 cm³/mol. The largest absolute Gasteiger partial charge is 0.347 e. The van der Waals surface area contributed by atoms with Gasteiger partial charge in [0.05, 0.1) is 5.69 Å². The lowest BCUT2D eigenvalue weighted by Crippen LogP contribution is -2.34. The van der Waals surface area contributed by atoms with Gasteiger partial charge in [-0.2, -0.15) is 0 Å². The minimum atomic E-state index is 0.110. The van der Waals surface area contributed by atoms with Crippen LogP contribution in [-0.4, -0.2) is 56.0 Å². The molecule has 0 aliphatic carbocycles. The highest BCUT2D eigenvalue weighted by atomic mass is 16.2. The number of aryl methyl sites for hydroxylation is 1. The molecule has 0 fully saturated rings. The monoisotopic (exact) mass is 329 g/mol. The number of nitrogens with zero attached hydrogens (tertiary/aromatic N) is 5. The molecule has 6 heteroatoms. The zero-order valence-corrected chi connectivity index (χ0v) is 14.9. The first-order chi connectivity index (χ1) is 11.6. The summed E-state index contributed by atoms with van der Waals surface area (Å²) in [5.41, 5.74) is 2.00. The first-order valence-corrected chi connectivity index (χ1v) is 8.80. The van der Waals surface area contributed by atoms with Gasteiger partial charge in [-0.1, -0.05) is 13.8 Å². The molecule has 1 aliphatic heterocycles. The molecular weight excluding hydrogens is 302 g/mol. The van der Waals surface area contributed by atoms with Crippen molar-refractivity contribution in [2.75, 3.05) is 26.2 Å². The summed E-state index contributed by atoms with van der Waals surface area (Å²) in [6, 6.07) is 3.80. The van der Waals surface area contributed by atoms with Crippen molar-refractivity contribution in [2.24, 2.45) is 7.05 Å². The van der Waals surface area contributed by atoms with E-state index in [1.54, 1.807) is 0 Å². The number of carbonyl (C=O) groups excluding carboxylic acids is 1. The van der Waals surface area contributed by atoms with E-state index >= 15 is 0 Å². The van der Waals surface area contributed by atoms with Crippen molar-refractivity contribution in [2.45, 2.75) is 33.4 Å². The van der Waals surface area contributed by atoms with E-state index in [0.29, 0.717) is 0 Å². The average molecular weight is 329 g/mol. The smallest absolute Gasteiger partial charge is 0.270 e. The summed E-state index contributed by atoms with van der Waals surface area (Å²) in [5.74, 6) is 1.21. The molecule has 24 heavy (non-hydrogen) atoms. The molecule has 6 nitrogen and oxygen atoms in total. The van der Waals surface area contributed by atoms with Crippen molar-refractivity contribution in [1.29, 1.82) is 0 Å². The molecule has 3 heterocycles. The molecule has 3 rings (SSSR count). The average Bonchev–Trinajstić information content (AvgIpc) is 3.12. The fourth-order valence-electron chi connectivity index (χ4n) is 3.34.